The molecule has 1 aromatic carbocycles. The number of piperidine rings is 1. The molecular formula is C20H27N5O3. The van der Waals surface area contributed by atoms with Crippen LogP contribution in [0, 0.1) is 0 Å². The molecule has 150 valence electrons. The van der Waals surface area contributed by atoms with Crippen LogP contribution in [0.3, 0.4) is 0 Å². The minimum atomic E-state index is -0.548. The molecule has 1 aliphatic rings. The minimum absolute atomic E-state index is 0.0826. The van der Waals surface area contributed by atoms with E-state index in [-0.39, 0.29) is 24.0 Å². The summed E-state index contributed by atoms with van der Waals surface area (Å²) >= 11 is 0. The van der Waals surface area contributed by atoms with Gasteiger partial charge in [0.15, 0.2) is 0 Å². The van der Waals surface area contributed by atoms with Crippen LogP contribution >= 0.6 is 0 Å². The molecule has 8 heteroatoms. The van der Waals surface area contributed by atoms with Gasteiger partial charge in [-0.3, -0.25) is 19.1 Å². The van der Waals surface area contributed by atoms with Gasteiger partial charge in [-0.15, -0.1) is 0 Å². The van der Waals surface area contributed by atoms with Crippen LogP contribution in [-0.4, -0.2) is 47.0 Å². The van der Waals surface area contributed by atoms with Gasteiger partial charge >= 0.3 is 5.69 Å². The quantitative estimate of drug-likeness (QED) is 0.772. The van der Waals surface area contributed by atoms with Gasteiger partial charge in [-0.05, 0) is 24.8 Å². The molecule has 2 heterocycles. The van der Waals surface area contributed by atoms with Gasteiger partial charge in [-0.25, -0.2) is 4.79 Å². The molecule has 1 saturated heterocycles. The Balaban J connectivity index is 1.76. The molecule has 3 rings (SSSR count). The number of amides is 1. The molecule has 1 amide bonds. The fraction of sp³-hybridized carbons (Fsp3) is 0.450. The molecule has 0 saturated carbocycles. The highest BCUT2D eigenvalue weighted by molar-refractivity contribution is 5.77. The molecule has 0 atom stereocenters. The zero-order chi connectivity index (χ0) is 20.1. The third kappa shape index (κ3) is 4.44. The second kappa shape index (κ2) is 8.77. The summed E-state index contributed by atoms with van der Waals surface area (Å²) < 4.78 is 1.34. The summed E-state index contributed by atoms with van der Waals surface area (Å²) in [7, 11) is 1.71. The van der Waals surface area contributed by atoms with E-state index >= 15 is 0 Å². The Labute approximate surface area is 163 Å². The normalized spacial score (nSPS) is 14.1. The number of hydrogen-bond donors (Lipinski definition) is 2. The van der Waals surface area contributed by atoms with Crippen molar-refractivity contribution in [1.29, 1.82) is 0 Å². The molecule has 1 aromatic heterocycles. The predicted molar refractivity (Wildman–Crippen MR) is 110 cm³/mol. The maximum Gasteiger partial charge on any atom is 0.330 e. The molecule has 8 nitrogen and oxygen atoms in total. The van der Waals surface area contributed by atoms with Crippen LogP contribution in [0.4, 0.5) is 11.5 Å². The Morgan fingerprint density at radius 2 is 1.82 bits per heavy atom. The molecule has 0 unspecified atom stereocenters. The van der Waals surface area contributed by atoms with E-state index in [1.807, 2.05) is 35.2 Å². The third-order valence-electron chi connectivity index (χ3n) is 5.15. The molecule has 3 N–H and O–H groups in total. The Morgan fingerprint density at radius 1 is 1.14 bits per heavy atom. The number of H-pyrrole nitrogens is 1. The van der Waals surface area contributed by atoms with Crippen LogP contribution < -0.4 is 21.9 Å². The van der Waals surface area contributed by atoms with Gasteiger partial charge in [0.2, 0.25) is 5.91 Å². The number of benzene rings is 1. The van der Waals surface area contributed by atoms with Gasteiger partial charge in [0.1, 0.15) is 11.5 Å². The smallest absolute Gasteiger partial charge is 0.330 e. The first-order valence-electron chi connectivity index (χ1n) is 9.63. The number of anilines is 2. The second-order valence-corrected chi connectivity index (χ2v) is 7.18. The maximum absolute atomic E-state index is 12.4. The molecule has 0 bridgehead atoms. The zero-order valence-electron chi connectivity index (χ0n) is 16.2. The van der Waals surface area contributed by atoms with E-state index in [2.05, 4.69) is 4.98 Å². The van der Waals surface area contributed by atoms with Gasteiger partial charge in [0, 0.05) is 33.1 Å². The maximum atomic E-state index is 12.4. The molecular weight excluding hydrogens is 358 g/mol. The first kappa shape index (κ1) is 19.7. The molecule has 1 aliphatic heterocycles. The summed E-state index contributed by atoms with van der Waals surface area (Å²) in [5.74, 6) is 0.185. The van der Waals surface area contributed by atoms with Crippen molar-refractivity contribution in [2.24, 2.45) is 0 Å². The Hall–Kier alpha value is -3.03. The lowest BCUT2D eigenvalue weighted by atomic mass is 10.1. The van der Waals surface area contributed by atoms with Crippen molar-refractivity contribution in [2.45, 2.75) is 32.2 Å². The monoisotopic (exact) mass is 385 g/mol. The minimum Gasteiger partial charge on any atom is -0.383 e. The van der Waals surface area contributed by atoms with Crippen molar-refractivity contribution in [3.63, 3.8) is 0 Å². The van der Waals surface area contributed by atoms with E-state index in [4.69, 9.17) is 5.73 Å². The fourth-order valence-corrected chi connectivity index (χ4v) is 3.55. The predicted octanol–water partition coefficient (Wildman–Crippen LogP) is 1.01. The van der Waals surface area contributed by atoms with Gasteiger partial charge in [0.05, 0.1) is 6.54 Å². The first-order chi connectivity index (χ1) is 13.5. The highest BCUT2D eigenvalue weighted by Gasteiger charge is 2.20. The Kier molecular flexibility index (Phi) is 6.18. The average Bonchev–Trinajstić information content (AvgIpc) is 2.70. The van der Waals surface area contributed by atoms with E-state index in [1.165, 1.54) is 11.0 Å². The highest BCUT2D eigenvalue weighted by atomic mass is 16.2. The van der Waals surface area contributed by atoms with E-state index in [1.54, 1.807) is 11.9 Å². The summed E-state index contributed by atoms with van der Waals surface area (Å²) in [5, 5.41) is 0. The molecule has 0 radical (unpaired) electrons. The third-order valence-corrected chi connectivity index (χ3v) is 5.15. The number of hydrogen-bond acceptors (Lipinski definition) is 5. The van der Waals surface area contributed by atoms with Crippen LogP contribution in [0.25, 0.3) is 0 Å². The van der Waals surface area contributed by atoms with E-state index in [0.29, 0.717) is 13.0 Å². The summed E-state index contributed by atoms with van der Waals surface area (Å²) in [5.41, 5.74) is 6.21. The Morgan fingerprint density at radius 3 is 2.50 bits per heavy atom. The van der Waals surface area contributed by atoms with Gasteiger partial charge < -0.3 is 15.5 Å². The lowest BCUT2D eigenvalue weighted by molar-refractivity contribution is -0.131. The van der Waals surface area contributed by atoms with E-state index < -0.39 is 11.2 Å². The number of aromatic nitrogens is 2. The number of nitrogens with zero attached hydrogens (tertiary/aromatic N) is 3. The van der Waals surface area contributed by atoms with Gasteiger partial charge in [-0.2, -0.15) is 0 Å². The summed E-state index contributed by atoms with van der Waals surface area (Å²) in [6.45, 7) is 2.21. The summed E-state index contributed by atoms with van der Waals surface area (Å²) in [6, 6.07) is 9.42. The molecule has 1 fully saturated rings. The van der Waals surface area contributed by atoms with Crippen molar-refractivity contribution in [1.82, 2.24) is 14.5 Å². The standard InChI is InChI=1S/C20H27N5O3/c1-23(13-10-16(26)24-11-6-3-7-12-24)17-18(21)25(20(28)22-19(17)27)14-15-8-4-2-5-9-15/h2,4-5,8-9H,3,6-7,10-14,21H2,1H3,(H,22,27,28). The van der Waals surface area contributed by atoms with Crippen LogP contribution in [-0.2, 0) is 11.3 Å². The molecule has 2 aromatic rings. The number of nitrogen functional groups attached to an aromatic ring is 1. The van der Waals surface area contributed by atoms with Crippen LogP contribution in [0.1, 0.15) is 31.2 Å². The van der Waals surface area contributed by atoms with Crippen molar-refractivity contribution in [2.75, 3.05) is 37.3 Å². The van der Waals surface area contributed by atoms with E-state index in [0.717, 1.165) is 31.5 Å². The Bertz CT molecular complexity index is 929. The molecule has 0 aliphatic carbocycles. The summed E-state index contributed by atoms with van der Waals surface area (Å²) in [4.78, 5) is 42.9. The topological polar surface area (TPSA) is 104 Å². The number of nitrogens with one attached hydrogen (secondary N) is 1. The van der Waals surface area contributed by atoms with Crippen LogP contribution in [0.5, 0.6) is 0 Å². The number of aromatic amines is 1. The fourth-order valence-electron chi connectivity index (χ4n) is 3.55. The number of carbonyl (C=O) groups is 1. The van der Waals surface area contributed by atoms with Crippen molar-refractivity contribution in [3.05, 3.63) is 56.7 Å². The lowest BCUT2D eigenvalue weighted by Crippen LogP contribution is -2.40. The zero-order valence-corrected chi connectivity index (χ0v) is 16.2. The number of likely N-dealkylation sites (tertiary alicyclic amines) is 1. The average molecular weight is 385 g/mol. The van der Waals surface area contributed by atoms with Gasteiger partial charge in [0.25, 0.3) is 5.56 Å². The largest absolute Gasteiger partial charge is 0.383 e. The number of nitrogens with two attached hydrogens (primary N) is 1. The second-order valence-electron chi connectivity index (χ2n) is 7.18. The van der Waals surface area contributed by atoms with Crippen molar-refractivity contribution < 1.29 is 4.79 Å². The summed E-state index contributed by atoms with van der Waals surface area (Å²) in [6.07, 6.45) is 3.54. The molecule has 0 spiro atoms. The first-order valence-corrected chi connectivity index (χ1v) is 9.63. The van der Waals surface area contributed by atoms with E-state index in [9.17, 15) is 14.4 Å². The number of rotatable bonds is 6. The lowest BCUT2D eigenvalue weighted by Gasteiger charge is -2.28. The SMILES string of the molecule is CN(CCC(=O)N1CCCCC1)c1c(N)n(Cc2ccccc2)c(=O)[nH]c1=O. The van der Waals surface area contributed by atoms with Crippen LogP contribution in [0.2, 0.25) is 0 Å². The number of carbonyl (C=O) groups excluding carboxylic acids is 1. The highest BCUT2D eigenvalue weighted by Crippen LogP contribution is 2.17. The van der Waals surface area contributed by atoms with Gasteiger partial charge in [-0.1, -0.05) is 30.3 Å². The van der Waals surface area contributed by atoms with Crippen LogP contribution in [0.15, 0.2) is 39.9 Å². The van der Waals surface area contributed by atoms with Crippen molar-refractivity contribution >= 4 is 17.4 Å². The molecule has 28 heavy (non-hydrogen) atoms. The van der Waals surface area contributed by atoms with Crippen molar-refractivity contribution in [3.8, 4) is 0 Å².